The van der Waals surface area contributed by atoms with E-state index in [1.165, 1.54) is 0 Å². The average molecular weight is 227 g/mol. The molecule has 0 amide bonds. The Balaban J connectivity index is 2.36. The number of carbonyl (C=O) groups is 1. The summed E-state index contributed by atoms with van der Waals surface area (Å²) in [7, 11) is 0. The summed E-state index contributed by atoms with van der Waals surface area (Å²) in [5.74, 6) is -0.940. The van der Waals surface area contributed by atoms with Gasteiger partial charge in [0, 0.05) is 18.3 Å². The van der Waals surface area contributed by atoms with E-state index in [4.69, 9.17) is 5.11 Å². The lowest BCUT2D eigenvalue weighted by Crippen LogP contribution is -2.08. The minimum Gasteiger partial charge on any atom is -0.481 e. The molecule has 86 valence electrons. The van der Waals surface area contributed by atoms with Crippen LogP contribution in [0.2, 0.25) is 0 Å². The monoisotopic (exact) mass is 227 g/mol. The Morgan fingerprint density at radius 1 is 1.12 bits per heavy atom. The topological polar surface area (TPSA) is 50.2 Å². The van der Waals surface area contributed by atoms with Crippen molar-refractivity contribution in [2.75, 3.05) is 0 Å². The number of hydrogen-bond acceptors (Lipinski definition) is 2. The van der Waals surface area contributed by atoms with E-state index in [2.05, 4.69) is 4.98 Å². The minimum atomic E-state index is -0.803. The Kier molecular flexibility index (Phi) is 3.50. The van der Waals surface area contributed by atoms with E-state index in [9.17, 15) is 4.79 Å². The molecule has 17 heavy (non-hydrogen) atoms. The Hall–Kier alpha value is -2.16. The molecule has 2 rings (SSSR count). The third-order valence-electron chi connectivity index (χ3n) is 2.67. The molecule has 1 aromatic heterocycles. The lowest BCUT2D eigenvalue weighted by molar-refractivity contribution is -0.137. The van der Waals surface area contributed by atoms with Crippen molar-refractivity contribution in [3.05, 3.63) is 66.0 Å². The maximum absolute atomic E-state index is 10.9. The number of pyridine rings is 1. The molecule has 0 radical (unpaired) electrons. The van der Waals surface area contributed by atoms with E-state index >= 15 is 0 Å². The standard InChI is InChI=1S/C14H13NO2/c16-14(17)9-13(11-5-2-1-3-6-11)12-7-4-8-15-10-12/h1-8,10,13H,9H2,(H,16,17)/t13-/m0/s1. The van der Waals surface area contributed by atoms with Gasteiger partial charge in [0.1, 0.15) is 0 Å². The summed E-state index contributed by atoms with van der Waals surface area (Å²) in [5, 5.41) is 8.99. The Bertz CT molecular complexity index is 443. The normalized spacial score (nSPS) is 12.0. The van der Waals surface area contributed by atoms with Gasteiger partial charge in [-0.15, -0.1) is 0 Å². The summed E-state index contributed by atoms with van der Waals surface area (Å²) in [5.41, 5.74) is 1.93. The highest BCUT2D eigenvalue weighted by molar-refractivity contribution is 5.69. The summed E-state index contributed by atoms with van der Waals surface area (Å²) < 4.78 is 0. The van der Waals surface area contributed by atoms with Crippen LogP contribution in [0.1, 0.15) is 23.5 Å². The van der Waals surface area contributed by atoms with E-state index < -0.39 is 5.97 Å². The van der Waals surface area contributed by atoms with Gasteiger partial charge in [-0.25, -0.2) is 0 Å². The molecule has 0 bridgehead atoms. The molecular weight excluding hydrogens is 214 g/mol. The highest BCUT2D eigenvalue weighted by atomic mass is 16.4. The molecule has 0 aliphatic carbocycles. The molecule has 1 heterocycles. The molecule has 0 fully saturated rings. The number of carboxylic acid groups (broad SMARTS) is 1. The van der Waals surface area contributed by atoms with E-state index in [-0.39, 0.29) is 12.3 Å². The number of rotatable bonds is 4. The number of hydrogen-bond donors (Lipinski definition) is 1. The summed E-state index contributed by atoms with van der Waals surface area (Å²) in [6.07, 6.45) is 3.49. The van der Waals surface area contributed by atoms with Gasteiger partial charge >= 0.3 is 5.97 Å². The predicted molar refractivity (Wildman–Crippen MR) is 64.8 cm³/mol. The number of aliphatic carboxylic acids is 1. The number of benzene rings is 1. The van der Waals surface area contributed by atoms with Crippen molar-refractivity contribution in [2.45, 2.75) is 12.3 Å². The van der Waals surface area contributed by atoms with Crippen LogP contribution in [0.5, 0.6) is 0 Å². The number of carboxylic acids is 1. The molecule has 0 aliphatic heterocycles. The van der Waals surface area contributed by atoms with E-state index in [0.717, 1.165) is 11.1 Å². The van der Waals surface area contributed by atoms with Crippen molar-refractivity contribution in [3.8, 4) is 0 Å². The molecule has 0 unspecified atom stereocenters. The van der Waals surface area contributed by atoms with Gasteiger partial charge in [0.25, 0.3) is 0 Å². The largest absolute Gasteiger partial charge is 0.481 e. The second-order valence-electron chi connectivity index (χ2n) is 3.85. The first kappa shape index (κ1) is 11.3. The van der Waals surface area contributed by atoms with Crippen molar-refractivity contribution >= 4 is 5.97 Å². The van der Waals surface area contributed by atoms with Crippen molar-refractivity contribution in [1.29, 1.82) is 0 Å². The molecule has 0 saturated carbocycles. The van der Waals surface area contributed by atoms with Gasteiger partial charge in [-0.2, -0.15) is 0 Å². The lowest BCUT2D eigenvalue weighted by Gasteiger charge is -2.15. The summed E-state index contributed by atoms with van der Waals surface area (Å²) in [4.78, 5) is 15.0. The lowest BCUT2D eigenvalue weighted by atomic mass is 9.90. The zero-order chi connectivity index (χ0) is 12.1. The zero-order valence-corrected chi connectivity index (χ0v) is 9.28. The van der Waals surface area contributed by atoms with Crippen molar-refractivity contribution in [1.82, 2.24) is 4.98 Å². The first-order valence-corrected chi connectivity index (χ1v) is 5.44. The van der Waals surface area contributed by atoms with Crippen molar-refractivity contribution in [3.63, 3.8) is 0 Å². The summed E-state index contributed by atoms with van der Waals surface area (Å²) in [6.45, 7) is 0. The first-order chi connectivity index (χ1) is 8.27. The third kappa shape index (κ3) is 2.91. The molecule has 1 N–H and O–H groups in total. The molecule has 0 saturated heterocycles. The van der Waals surface area contributed by atoms with Gasteiger partial charge < -0.3 is 5.11 Å². The third-order valence-corrected chi connectivity index (χ3v) is 2.67. The molecule has 0 spiro atoms. The van der Waals surface area contributed by atoms with Crippen molar-refractivity contribution in [2.24, 2.45) is 0 Å². The molecule has 1 aromatic carbocycles. The fraction of sp³-hybridized carbons (Fsp3) is 0.143. The van der Waals surface area contributed by atoms with Crippen LogP contribution >= 0.6 is 0 Å². The van der Waals surface area contributed by atoms with Crippen LogP contribution in [0.4, 0.5) is 0 Å². The van der Waals surface area contributed by atoms with E-state index in [1.807, 2.05) is 42.5 Å². The van der Waals surface area contributed by atoms with Gasteiger partial charge in [-0.05, 0) is 17.2 Å². The molecule has 2 aromatic rings. The first-order valence-electron chi connectivity index (χ1n) is 5.44. The number of nitrogens with zero attached hydrogens (tertiary/aromatic N) is 1. The van der Waals surface area contributed by atoms with Gasteiger partial charge in [-0.1, -0.05) is 36.4 Å². The Morgan fingerprint density at radius 3 is 2.41 bits per heavy atom. The van der Waals surface area contributed by atoms with Crippen LogP contribution in [0.25, 0.3) is 0 Å². The highest BCUT2D eigenvalue weighted by Gasteiger charge is 2.17. The molecule has 0 aliphatic rings. The van der Waals surface area contributed by atoms with Crippen LogP contribution in [0, 0.1) is 0 Å². The second-order valence-corrected chi connectivity index (χ2v) is 3.85. The van der Waals surface area contributed by atoms with Crippen LogP contribution in [0.15, 0.2) is 54.9 Å². The fourth-order valence-electron chi connectivity index (χ4n) is 1.87. The van der Waals surface area contributed by atoms with Gasteiger partial charge in [0.15, 0.2) is 0 Å². The van der Waals surface area contributed by atoms with Crippen LogP contribution < -0.4 is 0 Å². The van der Waals surface area contributed by atoms with Gasteiger partial charge in [-0.3, -0.25) is 9.78 Å². The predicted octanol–water partition coefficient (Wildman–Crippen LogP) is 2.69. The molecule has 1 atom stereocenters. The van der Waals surface area contributed by atoms with Crippen LogP contribution in [-0.2, 0) is 4.79 Å². The quantitative estimate of drug-likeness (QED) is 0.873. The molecule has 3 nitrogen and oxygen atoms in total. The average Bonchev–Trinajstić information content (AvgIpc) is 2.38. The van der Waals surface area contributed by atoms with E-state index in [1.54, 1.807) is 12.4 Å². The Labute approximate surface area is 99.8 Å². The SMILES string of the molecule is O=C(O)C[C@@H](c1ccccc1)c1cccnc1. The zero-order valence-electron chi connectivity index (χ0n) is 9.28. The molecular formula is C14H13NO2. The maximum Gasteiger partial charge on any atom is 0.304 e. The smallest absolute Gasteiger partial charge is 0.304 e. The highest BCUT2D eigenvalue weighted by Crippen LogP contribution is 2.27. The second kappa shape index (κ2) is 5.25. The van der Waals surface area contributed by atoms with E-state index in [0.29, 0.717) is 0 Å². The molecule has 3 heteroatoms. The van der Waals surface area contributed by atoms with Gasteiger partial charge in [0.05, 0.1) is 6.42 Å². The Morgan fingerprint density at radius 2 is 1.82 bits per heavy atom. The van der Waals surface area contributed by atoms with Crippen LogP contribution in [-0.4, -0.2) is 16.1 Å². The van der Waals surface area contributed by atoms with Gasteiger partial charge in [0.2, 0.25) is 0 Å². The minimum absolute atomic E-state index is 0.0791. The summed E-state index contributed by atoms with van der Waals surface area (Å²) >= 11 is 0. The maximum atomic E-state index is 10.9. The summed E-state index contributed by atoms with van der Waals surface area (Å²) in [6, 6.07) is 13.4. The fourth-order valence-corrected chi connectivity index (χ4v) is 1.87. The van der Waals surface area contributed by atoms with Crippen LogP contribution in [0.3, 0.4) is 0 Å². The number of aromatic nitrogens is 1. The van der Waals surface area contributed by atoms with Crippen molar-refractivity contribution < 1.29 is 9.90 Å².